The smallest absolute Gasteiger partial charge is 0.356 e. The first kappa shape index (κ1) is 14.9. The summed E-state index contributed by atoms with van der Waals surface area (Å²) in [4.78, 5) is 19.9. The summed E-state index contributed by atoms with van der Waals surface area (Å²) in [5.74, 6) is -0.962. The zero-order valence-corrected chi connectivity index (χ0v) is 13.0. The number of piperidine rings is 1. The molecule has 2 aromatic rings. The fourth-order valence-electron chi connectivity index (χ4n) is 3.04. The average Bonchev–Trinajstić information content (AvgIpc) is 2.87. The number of carbonyl (C=O) groups is 1. The maximum absolute atomic E-state index is 11.5. The topological polar surface area (TPSA) is 54.7 Å². The first-order chi connectivity index (χ1) is 10.6. The fourth-order valence-corrected chi connectivity index (χ4v) is 3.04. The van der Waals surface area contributed by atoms with Crippen molar-refractivity contribution in [3.63, 3.8) is 0 Å². The summed E-state index contributed by atoms with van der Waals surface area (Å²) in [5.41, 5.74) is 0.999. The molecule has 1 saturated heterocycles. The molecule has 0 aliphatic carbocycles. The molecular formula is C17H22N2O3. The molecule has 3 rings (SSSR count). The highest BCUT2D eigenvalue weighted by Gasteiger charge is 2.24. The summed E-state index contributed by atoms with van der Waals surface area (Å²) < 4.78 is 1.49. The summed E-state index contributed by atoms with van der Waals surface area (Å²) in [6, 6.07) is 9.81. The lowest BCUT2D eigenvalue weighted by Gasteiger charge is -2.34. The molecule has 5 nitrogen and oxygen atoms in total. The van der Waals surface area contributed by atoms with Gasteiger partial charge in [-0.1, -0.05) is 18.2 Å². The second-order valence-electron chi connectivity index (χ2n) is 6.12. The van der Waals surface area contributed by atoms with Crippen molar-refractivity contribution >= 4 is 16.9 Å². The third kappa shape index (κ3) is 2.81. The number of rotatable bonds is 4. The minimum absolute atomic E-state index is 0.0592. The molecule has 0 saturated carbocycles. The molecule has 1 N–H and O–H groups in total. The lowest BCUT2D eigenvalue weighted by atomic mass is 10.1. The van der Waals surface area contributed by atoms with Crippen molar-refractivity contribution in [3.8, 4) is 0 Å². The van der Waals surface area contributed by atoms with Gasteiger partial charge in [0.15, 0.2) is 5.69 Å². The Kier molecular flexibility index (Phi) is 4.07. The molecule has 0 atom stereocenters. The molecule has 0 unspecified atom stereocenters. The van der Waals surface area contributed by atoms with Crippen molar-refractivity contribution in [1.82, 2.24) is 9.63 Å². The predicted octanol–water partition coefficient (Wildman–Crippen LogP) is 2.64. The van der Waals surface area contributed by atoms with Gasteiger partial charge in [-0.25, -0.2) is 4.79 Å². The van der Waals surface area contributed by atoms with E-state index in [0.29, 0.717) is 6.04 Å². The van der Waals surface area contributed by atoms with Crippen molar-refractivity contribution in [2.75, 3.05) is 13.1 Å². The molecule has 0 spiro atoms. The Morgan fingerprint density at radius 1 is 1.27 bits per heavy atom. The van der Waals surface area contributed by atoms with E-state index in [1.165, 1.54) is 4.73 Å². The van der Waals surface area contributed by atoms with Crippen LogP contribution in [-0.2, 0) is 0 Å². The van der Waals surface area contributed by atoms with Gasteiger partial charge in [0, 0.05) is 24.5 Å². The minimum atomic E-state index is -0.962. The highest BCUT2D eigenvalue weighted by Crippen LogP contribution is 2.21. The first-order valence-corrected chi connectivity index (χ1v) is 7.81. The van der Waals surface area contributed by atoms with E-state index in [-0.39, 0.29) is 11.8 Å². The summed E-state index contributed by atoms with van der Waals surface area (Å²) in [6.07, 6.45) is 1.90. The number of hydrogen-bond acceptors (Lipinski definition) is 3. The van der Waals surface area contributed by atoms with Crippen LogP contribution in [0.3, 0.4) is 0 Å². The van der Waals surface area contributed by atoms with Gasteiger partial charge in [-0.05, 0) is 38.8 Å². The maximum Gasteiger partial charge on any atom is 0.356 e. The highest BCUT2D eigenvalue weighted by molar-refractivity contribution is 5.94. The number of carboxylic acids is 1. The molecule has 118 valence electrons. The van der Waals surface area contributed by atoms with Gasteiger partial charge in [0.2, 0.25) is 0 Å². The number of aromatic nitrogens is 1. The molecule has 0 radical (unpaired) electrons. The van der Waals surface area contributed by atoms with Crippen LogP contribution in [0.5, 0.6) is 0 Å². The van der Waals surface area contributed by atoms with E-state index < -0.39 is 5.97 Å². The zero-order valence-electron chi connectivity index (χ0n) is 13.0. The van der Waals surface area contributed by atoms with E-state index in [1.807, 2.05) is 24.3 Å². The molecular weight excluding hydrogens is 280 g/mol. The molecule has 1 aliphatic rings. The third-order valence-corrected chi connectivity index (χ3v) is 4.35. The lowest BCUT2D eigenvalue weighted by molar-refractivity contribution is -0.00705. The fraction of sp³-hybridized carbons (Fsp3) is 0.471. The monoisotopic (exact) mass is 302 g/mol. The quantitative estimate of drug-likeness (QED) is 0.943. The highest BCUT2D eigenvalue weighted by atomic mass is 16.7. The van der Waals surface area contributed by atoms with Crippen molar-refractivity contribution in [2.45, 2.75) is 38.8 Å². The third-order valence-electron chi connectivity index (χ3n) is 4.35. The van der Waals surface area contributed by atoms with Gasteiger partial charge in [-0.3, -0.25) is 0 Å². The average molecular weight is 302 g/mol. The molecule has 1 aromatic carbocycles. The van der Waals surface area contributed by atoms with E-state index >= 15 is 0 Å². The molecule has 22 heavy (non-hydrogen) atoms. The van der Waals surface area contributed by atoms with E-state index in [0.717, 1.165) is 36.8 Å². The van der Waals surface area contributed by atoms with Crippen LogP contribution in [0.25, 0.3) is 10.9 Å². The number of likely N-dealkylation sites (tertiary alicyclic amines) is 1. The van der Waals surface area contributed by atoms with Crippen LogP contribution in [0.2, 0.25) is 0 Å². The zero-order chi connectivity index (χ0) is 15.7. The Morgan fingerprint density at radius 3 is 2.59 bits per heavy atom. The largest absolute Gasteiger partial charge is 0.476 e. The summed E-state index contributed by atoms with van der Waals surface area (Å²) in [7, 11) is 0. The van der Waals surface area contributed by atoms with Gasteiger partial charge in [0.1, 0.15) is 6.10 Å². The van der Waals surface area contributed by atoms with E-state index in [4.69, 9.17) is 4.84 Å². The number of carboxylic acid groups (broad SMARTS) is 1. The molecule has 2 heterocycles. The van der Waals surface area contributed by atoms with Crippen LogP contribution in [0.1, 0.15) is 37.2 Å². The molecule has 0 amide bonds. The molecule has 1 aromatic heterocycles. The van der Waals surface area contributed by atoms with Crippen LogP contribution < -0.4 is 4.84 Å². The first-order valence-electron chi connectivity index (χ1n) is 7.81. The van der Waals surface area contributed by atoms with Gasteiger partial charge in [-0.2, -0.15) is 4.73 Å². The van der Waals surface area contributed by atoms with Crippen molar-refractivity contribution in [2.24, 2.45) is 0 Å². The van der Waals surface area contributed by atoms with Crippen LogP contribution in [0, 0.1) is 0 Å². The number of benzene rings is 1. The Labute approximate surface area is 130 Å². The van der Waals surface area contributed by atoms with Gasteiger partial charge in [0.05, 0.1) is 5.52 Å². The second kappa shape index (κ2) is 6.01. The van der Waals surface area contributed by atoms with Crippen LogP contribution in [-0.4, -0.2) is 45.9 Å². The van der Waals surface area contributed by atoms with Crippen LogP contribution in [0.15, 0.2) is 30.3 Å². The molecule has 0 bridgehead atoms. The van der Waals surface area contributed by atoms with Gasteiger partial charge in [-0.15, -0.1) is 0 Å². The van der Waals surface area contributed by atoms with Gasteiger partial charge in [0.25, 0.3) is 0 Å². The van der Waals surface area contributed by atoms with E-state index in [1.54, 1.807) is 6.07 Å². The van der Waals surface area contributed by atoms with Gasteiger partial charge >= 0.3 is 5.97 Å². The number of nitrogens with zero attached hydrogens (tertiary/aromatic N) is 2. The Morgan fingerprint density at radius 2 is 1.95 bits per heavy atom. The van der Waals surface area contributed by atoms with E-state index in [2.05, 4.69) is 18.7 Å². The Balaban J connectivity index is 1.82. The van der Waals surface area contributed by atoms with Gasteiger partial charge < -0.3 is 14.8 Å². The summed E-state index contributed by atoms with van der Waals surface area (Å²) in [6.45, 7) is 6.38. The number of fused-ring (bicyclic) bond motifs is 1. The van der Waals surface area contributed by atoms with Crippen molar-refractivity contribution < 1.29 is 14.7 Å². The predicted molar refractivity (Wildman–Crippen MR) is 85.2 cm³/mol. The number of para-hydroxylation sites is 1. The maximum atomic E-state index is 11.5. The number of hydrogen-bond donors (Lipinski definition) is 1. The minimum Gasteiger partial charge on any atom is -0.476 e. The summed E-state index contributed by atoms with van der Waals surface area (Å²) >= 11 is 0. The SMILES string of the molecule is CC(C)N1CCC(On2c(C(=O)O)cc3ccccc32)CC1. The lowest BCUT2D eigenvalue weighted by Crippen LogP contribution is -2.43. The second-order valence-corrected chi connectivity index (χ2v) is 6.12. The summed E-state index contributed by atoms with van der Waals surface area (Å²) in [5, 5.41) is 10.3. The van der Waals surface area contributed by atoms with Crippen molar-refractivity contribution in [3.05, 3.63) is 36.0 Å². The Bertz CT molecular complexity index is 670. The van der Waals surface area contributed by atoms with E-state index in [9.17, 15) is 9.90 Å². The van der Waals surface area contributed by atoms with Crippen molar-refractivity contribution in [1.29, 1.82) is 0 Å². The van der Waals surface area contributed by atoms with Crippen LogP contribution >= 0.6 is 0 Å². The molecule has 5 heteroatoms. The normalized spacial score (nSPS) is 17.2. The van der Waals surface area contributed by atoms with Crippen LogP contribution in [0.4, 0.5) is 0 Å². The molecule has 1 aliphatic heterocycles. The standard InChI is InChI=1S/C17H22N2O3/c1-12(2)18-9-7-14(8-10-18)22-19-15-6-4-3-5-13(15)11-16(19)17(20)21/h3-6,11-12,14H,7-10H2,1-2H3,(H,20,21). The number of aromatic carboxylic acids is 1. The molecule has 1 fully saturated rings. The Hall–Kier alpha value is -2.01.